The van der Waals surface area contributed by atoms with Crippen LogP contribution in [0, 0.1) is 0 Å². The van der Waals surface area contributed by atoms with Gasteiger partial charge >= 0.3 is 19.8 Å². The third kappa shape index (κ3) is 47.6. The lowest BCUT2D eigenvalue weighted by molar-refractivity contribution is -0.161. The summed E-state index contributed by atoms with van der Waals surface area (Å²) >= 11 is 0. The topological polar surface area (TPSA) is 108 Å². The lowest BCUT2D eigenvalue weighted by Gasteiger charge is -2.19. The molecule has 0 spiro atoms. The maximum atomic E-state index is 12.6. The van der Waals surface area contributed by atoms with Crippen LogP contribution in [0.25, 0.3) is 0 Å². The smallest absolute Gasteiger partial charge is 0.462 e. The number of esters is 2. The van der Waals surface area contributed by atoms with Crippen molar-refractivity contribution in [3.8, 4) is 0 Å². The van der Waals surface area contributed by atoms with Crippen molar-refractivity contribution in [1.29, 1.82) is 0 Å². The maximum absolute atomic E-state index is 12.6. The Morgan fingerprint density at radius 2 is 0.787 bits per heavy atom. The molecule has 0 aliphatic rings. The number of carbonyl (C=O) groups is 2. The number of phosphoric acid groups is 1. The monoisotopic (exact) mass is 881 g/mol. The van der Waals surface area contributed by atoms with E-state index in [2.05, 4.69) is 54.8 Å². The molecular weight excluding hydrogens is 784 g/mol. The summed E-state index contributed by atoms with van der Waals surface area (Å²) in [6.45, 7) is 3.91. The van der Waals surface area contributed by atoms with Crippen LogP contribution in [0.2, 0.25) is 0 Å². The Kier molecular flexibility index (Phi) is 46.4. The summed E-state index contributed by atoms with van der Waals surface area (Å²) in [4.78, 5) is 34.7. The van der Waals surface area contributed by atoms with Gasteiger partial charge in [-0.3, -0.25) is 18.6 Å². The molecule has 8 nitrogen and oxygen atoms in total. The highest BCUT2D eigenvalue weighted by molar-refractivity contribution is 7.47. The second-order valence-corrected chi connectivity index (χ2v) is 18.9. The molecule has 0 aromatic carbocycles. The van der Waals surface area contributed by atoms with Gasteiger partial charge in [0.2, 0.25) is 0 Å². The second-order valence-electron chi connectivity index (χ2n) is 17.3. The Morgan fingerprint density at radius 1 is 0.459 bits per heavy atom. The van der Waals surface area contributed by atoms with Crippen LogP contribution >= 0.6 is 7.82 Å². The van der Waals surface area contributed by atoms with E-state index in [-0.39, 0.29) is 19.0 Å². The maximum Gasteiger partial charge on any atom is 0.472 e. The van der Waals surface area contributed by atoms with Gasteiger partial charge in [0.1, 0.15) is 6.61 Å². The lowest BCUT2D eigenvalue weighted by Crippen LogP contribution is -2.29. The SMILES string of the molecule is CCCCCCC/C=C\C/C=C\CCCCCCCCCCCCCC(=O)OC(COC(=O)CCCCCCCCCCC/C=C\CCCCCCCC)COP(=O)(O)OC. The molecule has 0 bridgehead atoms. The molecule has 0 aromatic rings. The van der Waals surface area contributed by atoms with Crippen molar-refractivity contribution in [2.24, 2.45) is 0 Å². The molecule has 0 heterocycles. The number of carbonyl (C=O) groups excluding carboxylic acids is 2. The highest BCUT2D eigenvalue weighted by Crippen LogP contribution is 2.42. The van der Waals surface area contributed by atoms with E-state index in [0.717, 1.165) is 45.6 Å². The predicted octanol–water partition coefficient (Wildman–Crippen LogP) is 16.7. The molecule has 2 atom stereocenters. The van der Waals surface area contributed by atoms with E-state index in [4.69, 9.17) is 14.0 Å². The third-order valence-corrected chi connectivity index (χ3v) is 12.3. The quantitative estimate of drug-likeness (QED) is 0.0279. The summed E-state index contributed by atoms with van der Waals surface area (Å²) in [7, 11) is -3.20. The van der Waals surface area contributed by atoms with Crippen molar-refractivity contribution in [1.82, 2.24) is 0 Å². The summed E-state index contributed by atoms with van der Waals surface area (Å²) in [5, 5.41) is 0. The Bertz CT molecular complexity index is 1090. The van der Waals surface area contributed by atoms with Crippen molar-refractivity contribution in [2.45, 2.75) is 264 Å². The zero-order valence-electron chi connectivity index (χ0n) is 40.1. The number of unbranched alkanes of at least 4 members (excludes halogenated alkanes) is 31. The molecule has 0 amide bonds. The molecule has 0 aromatic heterocycles. The third-order valence-electron chi connectivity index (χ3n) is 11.4. The zero-order valence-corrected chi connectivity index (χ0v) is 41.0. The molecule has 0 radical (unpaired) electrons. The minimum Gasteiger partial charge on any atom is -0.462 e. The van der Waals surface area contributed by atoms with Gasteiger partial charge < -0.3 is 14.4 Å². The average molecular weight is 881 g/mol. The fourth-order valence-electron chi connectivity index (χ4n) is 7.39. The predicted molar refractivity (Wildman–Crippen MR) is 258 cm³/mol. The summed E-state index contributed by atoms with van der Waals surface area (Å²) < 4.78 is 32.2. The molecule has 2 unspecified atom stereocenters. The van der Waals surface area contributed by atoms with Gasteiger partial charge in [-0.15, -0.1) is 0 Å². The van der Waals surface area contributed by atoms with Gasteiger partial charge in [-0.05, 0) is 70.6 Å². The standard InChI is InChI=1S/C52H97O8P/c1-4-6-8-10-12-14-16-18-20-22-24-25-26-27-29-31-33-35-37-39-41-43-45-47-52(54)60-50(49-59-61(55,56)57-3)48-58-51(53)46-44-42-40-38-36-34-32-30-28-23-21-19-17-15-13-11-9-7-5-2/h16,18-19,21-22,24,50H,4-15,17,20,23,25-49H2,1-3H3,(H,55,56)/b18-16-,21-19-,24-22-. The van der Waals surface area contributed by atoms with E-state index >= 15 is 0 Å². The molecule has 0 aliphatic carbocycles. The first-order chi connectivity index (χ1) is 29.8. The van der Waals surface area contributed by atoms with Crippen molar-refractivity contribution < 1.29 is 37.6 Å². The molecule has 358 valence electrons. The number of hydrogen-bond acceptors (Lipinski definition) is 7. The van der Waals surface area contributed by atoms with E-state index < -0.39 is 26.5 Å². The number of phosphoric ester groups is 1. The molecular formula is C52H97O8P. The Morgan fingerprint density at radius 3 is 1.16 bits per heavy atom. The van der Waals surface area contributed by atoms with E-state index in [9.17, 15) is 19.0 Å². The molecule has 0 aliphatic heterocycles. The first-order valence-corrected chi connectivity index (χ1v) is 27.2. The van der Waals surface area contributed by atoms with Crippen LogP contribution in [0.15, 0.2) is 36.5 Å². The summed E-state index contributed by atoms with van der Waals surface area (Å²) in [6.07, 6.45) is 57.8. The van der Waals surface area contributed by atoms with Crippen molar-refractivity contribution in [3.05, 3.63) is 36.5 Å². The zero-order chi connectivity index (χ0) is 44.6. The Hall–Kier alpha value is -1.73. The first kappa shape index (κ1) is 59.3. The van der Waals surface area contributed by atoms with Crippen LogP contribution in [-0.2, 0) is 32.7 Å². The molecule has 1 N–H and O–H groups in total. The van der Waals surface area contributed by atoms with E-state index in [0.29, 0.717) is 12.8 Å². The van der Waals surface area contributed by atoms with Crippen molar-refractivity contribution in [3.63, 3.8) is 0 Å². The van der Waals surface area contributed by atoms with Gasteiger partial charge in [0.25, 0.3) is 0 Å². The van der Waals surface area contributed by atoms with Crippen LogP contribution in [0.4, 0.5) is 0 Å². The highest BCUT2D eigenvalue weighted by atomic mass is 31.2. The summed E-state index contributed by atoms with van der Waals surface area (Å²) in [5.41, 5.74) is 0. The van der Waals surface area contributed by atoms with Gasteiger partial charge in [0, 0.05) is 20.0 Å². The van der Waals surface area contributed by atoms with Crippen LogP contribution in [0.3, 0.4) is 0 Å². The minimum atomic E-state index is -4.27. The van der Waals surface area contributed by atoms with E-state index in [1.165, 1.54) is 186 Å². The van der Waals surface area contributed by atoms with Crippen LogP contribution in [0.5, 0.6) is 0 Å². The minimum absolute atomic E-state index is 0.225. The molecule has 61 heavy (non-hydrogen) atoms. The lowest BCUT2D eigenvalue weighted by atomic mass is 10.0. The molecule has 0 saturated carbocycles. The van der Waals surface area contributed by atoms with Crippen LogP contribution in [0.1, 0.15) is 258 Å². The number of ether oxygens (including phenoxy) is 2. The summed E-state index contributed by atoms with van der Waals surface area (Å²) in [5.74, 6) is -0.799. The molecule has 0 rings (SSSR count). The van der Waals surface area contributed by atoms with Crippen molar-refractivity contribution in [2.75, 3.05) is 20.3 Å². The van der Waals surface area contributed by atoms with E-state index in [1.807, 2.05) is 0 Å². The fourth-order valence-corrected chi connectivity index (χ4v) is 7.85. The van der Waals surface area contributed by atoms with Gasteiger partial charge in [-0.2, -0.15) is 0 Å². The van der Waals surface area contributed by atoms with Crippen LogP contribution in [-0.4, -0.2) is 43.3 Å². The average Bonchev–Trinajstić information content (AvgIpc) is 3.25. The van der Waals surface area contributed by atoms with Crippen molar-refractivity contribution >= 4 is 19.8 Å². The van der Waals surface area contributed by atoms with Gasteiger partial charge in [-0.1, -0.05) is 211 Å². The number of hydrogen-bond donors (Lipinski definition) is 1. The Balaban J connectivity index is 3.89. The number of allylic oxidation sites excluding steroid dienone is 6. The largest absolute Gasteiger partial charge is 0.472 e. The second kappa shape index (κ2) is 47.7. The van der Waals surface area contributed by atoms with E-state index in [1.54, 1.807) is 0 Å². The highest BCUT2D eigenvalue weighted by Gasteiger charge is 2.24. The van der Waals surface area contributed by atoms with Gasteiger partial charge in [-0.25, -0.2) is 4.57 Å². The molecule has 9 heteroatoms. The number of rotatable bonds is 48. The Labute approximate surface area is 376 Å². The van der Waals surface area contributed by atoms with Crippen LogP contribution < -0.4 is 0 Å². The molecule has 0 fully saturated rings. The van der Waals surface area contributed by atoms with Gasteiger partial charge in [0.05, 0.1) is 6.61 Å². The fraction of sp³-hybridized carbons (Fsp3) is 0.846. The normalized spacial score (nSPS) is 13.4. The van der Waals surface area contributed by atoms with Gasteiger partial charge in [0.15, 0.2) is 6.10 Å². The molecule has 0 saturated heterocycles. The summed E-state index contributed by atoms with van der Waals surface area (Å²) in [6, 6.07) is 0. The first-order valence-electron chi connectivity index (χ1n) is 25.7.